The van der Waals surface area contributed by atoms with Crippen LogP contribution in [0.5, 0.6) is 5.75 Å². The average molecular weight is 454 g/mol. The summed E-state index contributed by atoms with van der Waals surface area (Å²) in [6, 6.07) is 15.0. The van der Waals surface area contributed by atoms with E-state index in [1.54, 1.807) is 25.3 Å². The van der Waals surface area contributed by atoms with Crippen LogP contribution in [0.15, 0.2) is 53.7 Å². The maximum atomic E-state index is 11.4. The van der Waals surface area contributed by atoms with Crippen molar-refractivity contribution in [3.8, 4) is 5.75 Å². The van der Waals surface area contributed by atoms with Crippen molar-refractivity contribution in [3.05, 3.63) is 70.0 Å². The number of anilines is 1. The Morgan fingerprint density at radius 1 is 1.16 bits per heavy atom. The van der Waals surface area contributed by atoms with Crippen LogP contribution in [0.2, 0.25) is 0 Å². The lowest BCUT2D eigenvalue weighted by molar-refractivity contribution is -0.385. The Morgan fingerprint density at radius 3 is 2.75 bits per heavy atom. The second kappa shape index (κ2) is 10.5. The number of rotatable bonds is 9. The third-order valence-corrected chi connectivity index (χ3v) is 6.73. The monoisotopic (exact) mass is 453 g/mol. The van der Waals surface area contributed by atoms with Gasteiger partial charge < -0.3 is 14.6 Å². The van der Waals surface area contributed by atoms with Crippen LogP contribution in [0.25, 0.3) is 0 Å². The highest BCUT2D eigenvalue weighted by molar-refractivity contribution is 7.98. The zero-order chi connectivity index (χ0) is 22.3. The predicted octanol–water partition coefficient (Wildman–Crippen LogP) is 5.60. The number of ether oxygens (including phenoxy) is 1. The van der Waals surface area contributed by atoms with Crippen LogP contribution < -0.4 is 10.1 Å². The second-order valence-electron chi connectivity index (χ2n) is 7.82. The maximum Gasteiger partial charge on any atom is 0.273 e. The number of hydrogen-bond acceptors (Lipinski definition) is 7. The molecule has 0 radical (unpaired) electrons. The van der Waals surface area contributed by atoms with Gasteiger partial charge in [0.25, 0.3) is 5.69 Å². The van der Waals surface area contributed by atoms with E-state index in [9.17, 15) is 10.1 Å². The number of nitrogens with one attached hydrogen (secondary N) is 1. The van der Waals surface area contributed by atoms with Gasteiger partial charge in [-0.2, -0.15) is 0 Å². The van der Waals surface area contributed by atoms with E-state index in [1.807, 2.05) is 30.3 Å². The first-order valence-corrected chi connectivity index (χ1v) is 11.8. The molecule has 4 rings (SSSR count). The molecule has 1 aliphatic carbocycles. The van der Waals surface area contributed by atoms with E-state index in [-0.39, 0.29) is 10.6 Å². The van der Waals surface area contributed by atoms with Gasteiger partial charge in [-0.25, -0.2) is 0 Å². The molecule has 0 aliphatic heterocycles. The normalized spacial score (nSPS) is 14.3. The summed E-state index contributed by atoms with van der Waals surface area (Å²) in [4.78, 5) is 11.0. The molecule has 168 valence electrons. The molecule has 2 aromatic carbocycles. The molecule has 1 fully saturated rings. The van der Waals surface area contributed by atoms with E-state index < -0.39 is 0 Å². The summed E-state index contributed by atoms with van der Waals surface area (Å²) in [6.07, 6.45) is 5.85. The summed E-state index contributed by atoms with van der Waals surface area (Å²) >= 11 is 1.51. The highest BCUT2D eigenvalue weighted by atomic mass is 32.2. The minimum Gasteiger partial charge on any atom is -0.497 e. The number of nitrogens with zero attached hydrogens (tertiary/aromatic N) is 4. The number of benzene rings is 2. The molecular formula is C23H27N5O3S. The molecule has 0 atom stereocenters. The summed E-state index contributed by atoms with van der Waals surface area (Å²) in [6.45, 7) is 0.544. The van der Waals surface area contributed by atoms with Crippen molar-refractivity contribution in [2.24, 2.45) is 0 Å². The van der Waals surface area contributed by atoms with Crippen molar-refractivity contribution in [2.75, 3.05) is 12.4 Å². The van der Waals surface area contributed by atoms with Crippen molar-refractivity contribution in [1.82, 2.24) is 14.8 Å². The van der Waals surface area contributed by atoms with Crippen molar-refractivity contribution >= 4 is 23.1 Å². The number of para-hydroxylation sites is 1. The van der Waals surface area contributed by atoms with Crippen LogP contribution in [0.1, 0.15) is 49.5 Å². The van der Waals surface area contributed by atoms with Gasteiger partial charge in [-0.05, 0) is 25.0 Å². The van der Waals surface area contributed by atoms with Gasteiger partial charge in [-0.1, -0.05) is 55.3 Å². The fourth-order valence-corrected chi connectivity index (χ4v) is 5.12. The van der Waals surface area contributed by atoms with Crippen LogP contribution in [-0.2, 0) is 12.3 Å². The first-order valence-electron chi connectivity index (χ1n) is 10.8. The molecule has 0 amide bonds. The van der Waals surface area contributed by atoms with E-state index in [2.05, 4.69) is 20.1 Å². The molecule has 0 bridgehead atoms. The Morgan fingerprint density at radius 2 is 1.97 bits per heavy atom. The molecule has 8 nitrogen and oxygen atoms in total. The Kier molecular flexibility index (Phi) is 7.26. The van der Waals surface area contributed by atoms with Crippen molar-refractivity contribution in [1.29, 1.82) is 0 Å². The van der Waals surface area contributed by atoms with Gasteiger partial charge in [0, 0.05) is 35.2 Å². The van der Waals surface area contributed by atoms with E-state index >= 15 is 0 Å². The Balaban J connectivity index is 1.54. The molecule has 1 heterocycles. The number of hydrogen-bond donors (Lipinski definition) is 1. The lowest BCUT2D eigenvalue weighted by Gasteiger charge is -2.25. The third-order valence-electron chi connectivity index (χ3n) is 5.74. The quantitative estimate of drug-likeness (QED) is 0.256. The van der Waals surface area contributed by atoms with Gasteiger partial charge in [0.2, 0.25) is 0 Å². The van der Waals surface area contributed by atoms with Gasteiger partial charge >= 0.3 is 0 Å². The lowest BCUT2D eigenvalue weighted by atomic mass is 9.95. The highest BCUT2D eigenvalue weighted by Gasteiger charge is 2.24. The van der Waals surface area contributed by atoms with Crippen LogP contribution in [0, 0.1) is 10.1 Å². The Labute approximate surface area is 191 Å². The zero-order valence-corrected chi connectivity index (χ0v) is 18.9. The van der Waals surface area contributed by atoms with Gasteiger partial charge in [-0.15, -0.1) is 10.2 Å². The van der Waals surface area contributed by atoms with Crippen LogP contribution in [0.4, 0.5) is 11.4 Å². The van der Waals surface area contributed by atoms with Gasteiger partial charge in [0.05, 0.1) is 18.6 Å². The number of thioether (sulfide) groups is 1. The molecule has 0 unspecified atom stereocenters. The molecule has 1 aromatic heterocycles. The molecule has 1 aliphatic rings. The second-order valence-corrected chi connectivity index (χ2v) is 8.76. The summed E-state index contributed by atoms with van der Waals surface area (Å²) in [5, 5.41) is 24.6. The summed E-state index contributed by atoms with van der Waals surface area (Å²) in [5.74, 6) is 2.15. The SMILES string of the molecule is COc1cccc(NCc2nnc(SCc3ccccc3[N+](=O)[O-])n2C2CCCCC2)c1. The first kappa shape index (κ1) is 22.1. The number of nitro benzene ring substituents is 1. The van der Waals surface area contributed by atoms with Crippen LogP contribution in [0.3, 0.4) is 0 Å². The fourth-order valence-electron chi connectivity index (χ4n) is 4.10. The highest BCUT2D eigenvalue weighted by Crippen LogP contribution is 2.34. The smallest absolute Gasteiger partial charge is 0.273 e. The summed E-state index contributed by atoms with van der Waals surface area (Å²) in [7, 11) is 1.65. The number of methoxy groups -OCH3 is 1. The molecule has 0 spiro atoms. The predicted molar refractivity (Wildman–Crippen MR) is 125 cm³/mol. The van der Waals surface area contributed by atoms with Crippen LogP contribution in [-0.4, -0.2) is 26.8 Å². The van der Waals surface area contributed by atoms with Gasteiger partial charge in [-0.3, -0.25) is 10.1 Å². The first-order chi connectivity index (χ1) is 15.7. The molecule has 1 saturated carbocycles. The van der Waals surface area contributed by atoms with Gasteiger partial charge in [0.1, 0.15) is 5.75 Å². The zero-order valence-electron chi connectivity index (χ0n) is 18.1. The standard InChI is InChI=1S/C23H27N5O3S/c1-31-20-12-7-9-18(14-20)24-15-22-25-26-23(27(22)19-10-3-2-4-11-19)32-16-17-8-5-6-13-21(17)28(29)30/h5-9,12-14,19,24H,2-4,10-11,15-16H2,1H3. The maximum absolute atomic E-state index is 11.4. The molecule has 1 N–H and O–H groups in total. The van der Waals surface area contributed by atoms with E-state index in [0.717, 1.165) is 35.3 Å². The molecule has 3 aromatic rings. The molecule has 9 heteroatoms. The van der Waals surface area contributed by atoms with Crippen molar-refractivity contribution in [3.63, 3.8) is 0 Å². The van der Waals surface area contributed by atoms with E-state index in [1.165, 1.54) is 31.0 Å². The topological polar surface area (TPSA) is 95.1 Å². The number of aromatic nitrogens is 3. The minimum absolute atomic E-state index is 0.142. The summed E-state index contributed by atoms with van der Waals surface area (Å²) in [5.41, 5.74) is 1.79. The lowest BCUT2D eigenvalue weighted by Crippen LogP contribution is -2.18. The van der Waals surface area contributed by atoms with Crippen molar-refractivity contribution < 1.29 is 9.66 Å². The third kappa shape index (κ3) is 5.21. The minimum atomic E-state index is -0.328. The van der Waals surface area contributed by atoms with Crippen molar-refractivity contribution in [2.45, 2.75) is 55.6 Å². The summed E-state index contributed by atoms with van der Waals surface area (Å²) < 4.78 is 7.55. The number of nitro groups is 1. The molecular weight excluding hydrogens is 426 g/mol. The van der Waals surface area contributed by atoms with Crippen LogP contribution >= 0.6 is 11.8 Å². The fraction of sp³-hybridized carbons (Fsp3) is 0.391. The van der Waals surface area contributed by atoms with Gasteiger partial charge in [0.15, 0.2) is 11.0 Å². The van der Waals surface area contributed by atoms with E-state index in [0.29, 0.717) is 23.9 Å². The average Bonchev–Trinajstić information content (AvgIpc) is 3.25. The molecule has 0 saturated heterocycles. The Hall–Kier alpha value is -3.07. The largest absolute Gasteiger partial charge is 0.497 e. The Bertz CT molecular complexity index is 1070. The van der Waals surface area contributed by atoms with E-state index in [4.69, 9.17) is 4.74 Å². The molecule has 32 heavy (non-hydrogen) atoms.